The van der Waals surface area contributed by atoms with E-state index in [1.807, 2.05) is 36.4 Å². The number of benzene rings is 3. The molecule has 0 saturated heterocycles. The molecule has 0 heterocycles. The fraction of sp³-hybridized carbons (Fsp3) is 0.273. The largest absolute Gasteiger partial charge is 0.543 e. The first-order chi connectivity index (χ1) is 11.7. The standard InChI is InChI=1S/C22H26O2Si/c1-22(2,3)25(4,5)24-20-15-14-17(16-10-7-6-8-11-16)21-18(20)12-9-13-19(21)23/h6-15,23H,1-5H3. The molecule has 0 bridgehead atoms. The molecule has 0 spiro atoms. The Hall–Kier alpha value is -2.26. The van der Waals surface area contributed by atoms with Crippen molar-refractivity contribution in [3.63, 3.8) is 0 Å². The van der Waals surface area contributed by atoms with Gasteiger partial charge in [-0.3, -0.25) is 0 Å². The highest BCUT2D eigenvalue weighted by Crippen LogP contribution is 2.43. The summed E-state index contributed by atoms with van der Waals surface area (Å²) in [5, 5.41) is 12.5. The first kappa shape index (κ1) is 17.6. The number of hydrogen-bond donors (Lipinski definition) is 1. The second-order valence-corrected chi connectivity index (χ2v) is 12.8. The molecule has 0 fully saturated rings. The highest BCUT2D eigenvalue weighted by atomic mass is 28.4. The van der Waals surface area contributed by atoms with Gasteiger partial charge in [-0.05, 0) is 47.5 Å². The predicted molar refractivity (Wildman–Crippen MR) is 109 cm³/mol. The van der Waals surface area contributed by atoms with Gasteiger partial charge in [0.1, 0.15) is 11.5 Å². The lowest BCUT2D eigenvalue weighted by molar-refractivity contribution is 0.480. The van der Waals surface area contributed by atoms with Crippen LogP contribution in [0.2, 0.25) is 18.1 Å². The van der Waals surface area contributed by atoms with Crippen LogP contribution in [0, 0.1) is 0 Å². The molecule has 0 aliphatic heterocycles. The van der Waals surface area contributed by atoms with Gasteiger partial charge < -0.3 is 9.53 Å². The molecule has 3 aromatic carbocycles. The first-order valence-corrected chi connectivity index (χ1v) is 11.6. The maximum atomic E-state index is 10.6. The van der Waals surface area contributed by atoms with Gasteiger partial charge in [-0.25, -0.2) is 0 Å². The highest BCUT2D eigenvalue weighted by molar-refractivity contribution is 6.74. The van der Waals surface area contributed by atoms with Crippen LogP contribution in [0.3, 0.4) is 0 Å². The van der Waals surface area contributed by atoms with E-state index in [1.165, 1.54) is 0 Å². The van der Waals surface area contributed by atoms with Crippen molar-refractivity contribution in [3.05, 3.63) is 60.7 Å². The second-order valence-electron chi connectivity index (χ2n) is 8.04. The molecule has 0 unspecified atom stereocenters. The van der Waals surface area contributed by atoms with Crippen molar-refractivity contribution in [1.82, 2.24) is 0 Å². The van der Waals surface area contributed by atoms with E-state index in [2.05, 4.69) is 52.1 Å². The van der Waals surface area contributed by atoms with Crippen molar-refractivity contribution in [2.75, 3.05) is 0 Å². The minimum atomic E-state index is -1.96. The lowest BCUT2D eigenvalue weighted by atomic mass is 9.97. The Kier molecular flexibility index (Phi) is 4.37. The van der Waals surface area contributed by atoms with E-state index in [0.717, 1.165) is 27.6 Å². The van der Waals surface area contributed by atoms with E-state index in [1.54, 1.807) is 6.07 Å². The molecule has 0 amide bonds. The molecule has 0 aliphatic carbocycles. The van der Waals surface area contributed by atoms with Crippen molar-refractivity contribution in [3.8, 4) is 22.6 Å². The monoisotopic (exact) mass is 350 g/mol. The molecule has 3 rings (SSSR count). The maximum Gasteiger partial charge on any atom is 0.250 e. The Bertz CT molecular complexity index is 893. The van der Waals surface area contributed by atoms with Gasteiger partial charge in [0, 0.05) is 10.8 Å². The summed E-state index contributed by atoms with van der Waals surface area (Å²) < 4.78 is 6.55. The van der Waals surface area contributed by atoms with Crippen LogP contribution in [0.4, 0.5) is 0 Å². The van der Waals surface area contributed by atoms with E-state index in [4.69, 9.17) is 4.43 Å². The van der Waals surface area contributed by atoms with Gasteiger partial charge in [0.15, 0.2) is 0 Å². The Labute approximate surface area is 151 Å². The number of phenols is 1. The third-order valence-corrected chi connectivity index (χ3v) is 9.58. The smallest absolute Gasteiger partial charge is 0.250 e. The molecule has 0 aliphatic rings. The van der Waals surface area contributed by atoms with E-state index in [0.29, 0.717) is 0 Å². The zero-order valence-electron chi connectivity index (χ0n) is 15.6. The summed E-state index contributed by atoms with van der Waals surface area (Å²) in [5.74, 6) is 1.15. The van der Waals surface area contributed by atoms with Gasteiger partial charge in [0.2, 0.25) is 0 Å². The third-order valence-electron chi connectivity index (χ3n) is 5.23. The van der Waals surface area contributed by atoms with Crippen molar-refractivity contribution in [1.29, 1.82) is 0 Å². The van der Waals surface area contributed by atoms with Gasteiger partial charge in [0.25, 0.3) is 8.32 Å². The number of fused-ring (bicyclic) bond motifs is 1. The van der Waals surface area contributed by atoms with Crippen LogP contribution in [0.25, 0.3) is 21.9 Å². The molecular formula is C22H26O2Si. The third kappa shape index (κ3) is 3.29. The normalized spacial score (nSPS) is 12.4. The quantitative estimate of drug-likeness (QED) is 0.539. The van der Waals surface area contributed by atoms with Crippen LogP contribution in [0.15, 0.2) is 60.7 Å². The van der Waals surface area contributed by atoms with E-state index >= 15 is 0 Å². The summed E-state index contributed by atoms with van der Waals surface area (Å²) >= 11 is 0. The summed E-state index contributed by atoms with van der Waals surface area (Å²) in [4.78, 5) is 0. The van der Waals surface area contributed by atoms with Crippen LogP contribution < -0.4 is 4.43 Å². The minimum Gasteiger partial charge on any atom is -0.543 e. The molecule has 3 aromatic rings. The Morgan fingerprint density at radius 1 is 0.840 bits per heavy atom. The summed E-state index contributed by atoms with van der Waals surface area (Å²) in [6.45, 7) is 11.2. The van der Waals surface area contributed by atoms with Crippen molar-refractivity contribution < 1.29 is 9.53 Å². The molecule has 0 saturated carbocycles. The van der Waals surface area contributed by atoms with E-state index in [9.17, 15) is 5.11 Å². The summed E-state index contributed by atoms with van der Waals surface area (Å²) in [5.41, 5.74) is 2.11. The molecule has 130 valence electrons. The zero-order valence-corrected chi connectivity index (χ0v) is 16.6. The molecular weight excluding hydrogens is 324 g/mol. The predicted octanol–water partition coefficient (Wildman–Crippen LogP) is 6.60. The molecule has 0 atom stereocenters. The number of hydrogen-bond acceptors (Lipinski definition) is 2. The number of phenolic OH excluding ortho intramolecular Hbond substituents is 1. The minimum absolute atomic E-state index is 0.119. The van der Waals surface area contributed by atoms with Crippen LogP contribution >= 0.6 is 0 Å². The van der Waals surface area contributed by atoms with Gasteiger partial charge in [-0.1, -0.05) is 63.2 Å². The van der Waals surface area contributed by atoms with Crippen LogP contribution in [-0.2, 0) is 0 Å². The van der Waals surface area contributed by atoms with Gasteiger partial charge in [0.05, 0.1) is 0 Å². The molecule has 25 heavy (non-hydrogen) atoms. The summed E-state index contributed by atoms with van der Waals surface area (Å²) in [6.07, 6.45) is 0. The lowest BCUT2D eigenvalue weighted by Crippen LogP contribution is -2.43. The SMILES string of the molecule is CC(C)(C)[Si](C)(C)Oc1ccc(-c2ccccc2)c2c(O)cccc12. The molecule has 0 radical (unpaired) electrons. The number of aromatic hydroxyl groups is 1. The Balaban J connectivity index is 2.20. The van der Waals surface area contributed by atoms with Crippen LogP contribution in [0.1, 0.15) is 20.8 Å². The molecule has 1 N–H and O–H groups in total. The molecule has 3 heteroatoms. The average Bonchev–Trinajstić information content (AvgIpc) is 2.55. The van der Waals surface area contributed by atoms with Crippen molar-refractivity contribution >= 4 is 19.1 Å². The molecule has 0 aromatic heterocycles. The Morgan fingerprint density at radius 2 is 1.52 bits per heavy atom. The van der Waals surface area contributed by atoms with Crippen LogP contribution in [-0.4, -0.2) is 13.4 Å². The zero-order chi connectivity index (χ0) is 18.2. The highest BCUT2D eigenvalue weighted by Gasteiger charge is 2.39. The van der Waals surface area contributed by atoms with E-state index < -0.39 is 8.32 Å². The lowest BCUT2D eigenvalue weighted by Gasteiger charge is -2.37. The van der Waals surface area contributed by atoms with Crippen LogP contribution in [0.5, 0.6) is 11.5 Å². The maximum absolute atomic E-state index is 10.6. The van der Waals surface area contributed by atoms with Gasteiger partial charge in [-0.15, -0.1) is 0 Å². The van der Waals surface area contributed by atoms with E-state index in [-0.39, 0.29) is 10.8 Å². The Morgan fingerprint density at radius 3 is 2.16 bits per heavy atom. The topological polar surface area (TPSA) is 29.5 Å². The van der Waals surface area contributed by atoms with Crippen molar-refractivity contribution in [2.45, 2.75) is 38.9 Å². The fourth-order valence-electron chi connectivity index (χ4n) is 2.74. The second kappa shape index (κ2) is 6.23. The summed E-state index contributed by atoms with van der Waals surface area (Å²) in [7, 11) is -1.96. The average molecular weight is 351 g/mol. The van der Waals surface area contributed by atoms with Gasteiger partial charge in [-0.2, -0.15) is 0 Å². The summed E-state index contributed by atoms with van der Waals surface area (Å²) in [6, 6.07) is 19.9. The van der Waals surface area contributed by atoms with Gasteiger partial charge >= 0.3 is 0 Å². The number of rotatable bonds is 3. The molecule has 2 nitrogen and oxygen atoms in total. The van der Waals surface area contributed by atoms with Crippen molar-refractivity contribution in [2.24, 2.45) is 0 Å². The first-order valence-electron chi connectivity index (χ1n) is 8.70. The fourth-order valence-corrected chi connectivity index (χ4v) is 3.77.